The smallest absolute Gasteiger partial charge is 0.104 e. The summed E-state index contributed by atoms with van der Waals surface area (Å²) in [6, 6.07) is 15.4. The van der Waals surface area contributed by atoms with Gasteiger partial charge in [-0.05, 0) is 55.1 Å². The predicted octanol–water partition coefficient (Wildman–Crippen LogP) is 4.29. The van der Waals surface area contributed by atoms with Gasteiger partial charge in [0.1, 0.15) is 6.10 Å². The summed E-state index contributed by atoms with van der Waals surface area (Å²) >= 11 is 6.84. The molecular formula is C13H10Br2O. The van der Waals surface area contributed by atoms with E-state index in [4.69, 9.17) is 0 Å². The molecule has 0 fully saturated rings. The molecule has 2 aromatic carbocycles. The summed E-state index contributed by atoms with van der Waals surface area (Å²) in [5.74, 6) is 0. The molecule has 1 N–H and O–H groups in total. The van der Waals surface area contributed by atoms with Gasteiger partial charge in [-0.3, -0.25) is 0 Å². The lowest BCUT2D eigenvalue weighted by Crippen LogP contribution is -1.99. The van der Waals surface area contributed by atoms with Gasteiger partial charge < -0.3 is 5.11 Å². The topological polar surface area (TPSA) is 20.2 Å². The van der Waals surface area contributed by atoms with Crippen molar-refractivity contribution >= 4 is 31.9 Å². The molecule has 16 heavy (non-hydrogen) atoms. The fourth-order valence-electron chi connectivity index (χ4n) is 1.51. The lowest BCUT2D eigenvalue weighted by atomic mass is 10.0. The minimum atomic E-state index is -0.578. The Morgan fingerprint density at radius 2 is 1.50 bits per heavy atom. The zero-order chi connectivity index (χ0) is 11.5. The van der Waals surface area contributed by atoms with E-state index in [1.165, 1.54) is 0 Å². The molecule has 1 nitrogen and oxygen atoms in total. The highest BCUT2D eigenvalue weighted by molar-refractivity contribution is 9.13. The highest BCUT2D eigenvalue weighted by Crippen LogP contribution is 2.29. The predicted molar refractivity (Wildman–Crippen MR) is 72.3 cm³/mol. The van der Waals surface area contributed by atoms with E-state index in [0.717, 1.165) is 20.1 Å². The van der Waals surface area contributed by atoms with Crippen LogP contribution in [0.2, 0.25) is 0 Å². The van der Waals surface area contributed by atoms with Gasteiger partial charge in [-0.2, -0.15) is 0 Å². The zero-order valence-corrected chi connectivity index (χ0v) is 11.6. The molecule has 0 saturated carbocycles. The third-order valence-corrected chi connectivity index (χ3v) is 4.25. The SMILES string of the molecule is OC(c1ccccc1)c1ccc(Br)c(Br)c1. The molecular weight excluding hydrogens is 332 g/mol. The molecule has 0 aliphatic rings. The quantitative estimate of drug-likeness (QED) is 0.863. The average molecular weight is 342 g/mol. The summed E-state index contributed by atoms with van der Waals surface area (Å²) in [5, 5.41) is 10.2. The summed E-state index contributed by atoms with van der Waals surface area (Å²) in [5.41, 5.74) is 1.78. The third-order valence-electron chi connectivity index (χ3n) is 2.37. The Balaban J connectivity index is 2.34. The molecule has 2 rings (SSSR count). The van der Waals surface area contributed by atoms with Crippen molar-refractivity contribution in [3.05, 3.63) is 68.6 Å². The van der Waals surface area contributed by atoms with Crippen LogP contribution in [0.3, 0.4) is 0 Å². The van der Waals surface area contributed by atoms with E-state index in [2.05, 4.69) is 31.9 Å². The number of benzene rings is 2. The van der Waals surface area contributed by atoms with E-state index in [1.807, 2.05) is 48.5 Å². The van der Waals surface area contributed by atoms with Crippen LogP contribution in [0, 0.1) is 0 Å². The van der Waals surface area contributed by atoms with Crippen molar-refractivity contribution in [3.8, 4) is 0 Å². The third kappa shape index (κ3) is 2.54. The van der Waals surface area contributed by atoms with E-state index in [1.54, 1.807) is 0 Å². The van der Waals surface area contributed by atoms with Crippen LogP contribution in [0.5, 0.6) is 0 Å². The minimum Gasteiger partial charge on any atom is -0.384 e. The van der Waals surface area contributed by atoms with Gasteiger partial charge in [0.05, 0.1) is 0 Å². The van der Waals surface area contributed by atoms with Crippen LogP contribution in [0.4, 0.5) is 0 Å². The Hall–Kier alpha value is -0.640. The van der Waals surface area contributed by atoms with Crippen LogP contribution in [-0.2, 0) is 0 Å². The van der Waals surface area contributed by atoms with Gasteiger partial charge in [0.15, 0.2) is 0 Å². The summed E-state index contributed by atoms with van der Waals surface area (Å²) in [6.07, 6.45) is -0.578. The molecule has 82 valence electrons. The number of hydrogen-bond acceptors (Lipinski definition) is 1. The van der Waals surface area contributed by atoms with Crippen LogP contribution in [0.1, 0.15) is 17.2 Å². The zero-order valence-electron chi connectivity index (χ0n) is 8.40. The van der Waals surface area contributed by atoms with Crippen molar-refractivity contribution in [1.82, 2.24) is 0 Å². The fraction of sp³-hybridized carbons (Fsp3) is 0.0769. The van der Waals surface area contributed by atoms with Crippen LogP contribution in [0.15, 0.2) is 57.5 Å². The van der Waals surface area contributed by atoms with Crippen molar-refractivity contribution in [3.63, 3.8) is 0 Å². The van der Waals surface area contributed by atoms with Crippen LogP contribution >= 0.6 is 31.9 Å². The molecule has 0 aliphatic carbocycles. The molecule has 0 heterocycles. The lowest BCUT2D eigenvalue weighted by molar-refractivity contribution is 0.220. The summed E-state index contributed by atoms with van der Waals surface area (Å²) in [4.78, 5) is 0. The van der Waals surface area contributed by atoms with Crippen LogP contribution in [0.25, 0.3) is 0 Å². The molecule has 2 aromatic rings. The van der Waals surface area contributed by atoms with E-state index in [-0.39, 0.29) is 0 Å². The highest BCUT2D eigenvalue weighted by Gasteiger charge is 2.10. The Morgan fingerprint density at radius 1 is 0.812 bits per heavy atom. The molecule has 0 bridgehead atoms. The second-order valence-electron chi connectivity index (χ2n) is 3.49. The Labute approximate surface area is 111 Å². The van der Waals surface area contributed by atoms with Gasteiger partial charge >= 0.3 is 0 Å². The molecule has 0 aliphatic heterocycles. The average Bonchev–Trinajstić information content (AvgIpc) is 2.33. The first-order valence-corrected chi connectivity index (χ1v) is 6.45. The maximum absolute atomic E-state index is 10.2. The molecule has 3 heteroatoms. The molecule has 0 saturated heterocycles. The molecule has 0 radical (unpaired) electrons. The molecule has 0 amide bonds. The molecule has 0 aromatic heterocycles. The minimum absolute atomic E-state index is 0.578. The van der Waals surface area contributed by atoms with E-state index < -0.39 is 6.10 Å². The second-order valence-corrected chi connectivity index (χ2v) is 5.20. The number of aliphatic hydroxyl groups is 1. The lowest BCUT2D eigenvalue weighted by Gasteiger charge is -2.12. The van der Waals surface area contributed by atoms with Gasteiger partial charge in [0, 0.05) is 8.95 Å². The molecule has 0 spiro atoms. The van der Waals surface area contributed by atoms with E-state index in [9.17, 15) is 5.11 Å². The van der Waals surface area contributed by atoms with Gasteiger partial charge in [-0.15, -0.1) is 0 Å². The Morgan fingerprint density at radius 3 is 2.12 bits per heavy atom. The van der Waals surface area contributed by atoms with Crippen molar-refractivity contribution in [2.24, 2.45) is 0 Å². The Kier molecular flexibility index (Phi) is 3.79. The summed E-state index contributed by atoms with van der Waals surface area (Å²) in [7, 11) is 0. The maximum atomic E-state index is 10.2. The monoisotopic (exact) mass is 340 g/mol. The Bertz CT molecular complexity index is 483. The van der Waals surface area contributed by atoms with Gasteiger partial charge in [0.25, 0.3) is 0 Å². The molecule has 1 unspecified atom stereocenters. The van der Waals surface area contributed by atoms with Gasteiger partial charge in [-0.25, -0.2) is 0 Å². The number of halogens is 2. The summed E-state index contributed by atoms with van der Waals surface area (Å²) < 4.78 is 1.93. The van der Waals surface area contributed by atoms with Crippen molar-refractivity contribution in [2.45, 2.75) is 6.10 Å². The van der Waals surface area contributed by atoms with Crippen LogP contribution in [-0.4, -0.2) is 5.11 Å². The van der Waals surface area contributed by atoms with Gasteiger partial charge in [0.2, 0.25) is 0 Å². The first kappa shape index (κ1) is 11.8. The van der Waals surface area contributed by atoms with E-state index in [0.29, 0.717) is 0 Å². The first-order valence-electron chi connectivity index (χ1n) is 4.86. The first-order chi connectivity index (χ1) is 7.68. The van der Waals surface area contributed by atoms with Crippen molar-refractivity contribution in [2.75, 3.05) is 0 Å². The van der Waals surface area contributed by atoms with Gasteiger partial charge in [-0.1, -0.05) is 36.4 Å². The number of aliphatic hydroxyl groups excluding tert-OH is 1. The standard InChI is InChI=1S/C13H10Br2O/c14-11-7-6-10(8-12(11)15)13(16)9-4-2-1-3-5-9/h1-8,13,16H. The van der Waals surface area contributed by atoms with Crippen molar-refractivity contribution in [1.29, 1.82) is 0 Å². The molecule has 1 atom stereocenters. The fourth-order valence-corrected chi connectivity index (χ4v) is 2.15. The van der Waals surface area contributed by atoms with Crippen molar-refractivity contribution < 1.29 is 5.11 Å². The largest absolute Gasteiger partial charge is 0.384 e. The summed E-state index contributed by atoms with van der Waals surface area (Å²) in [6.45, 7) is 0. The number of rotatable bonds is 2. The van der Waals surface area contributed by atoms with E-state index >= 15 is 0 Å². The highest BCUT2D eigenvalue weighted by atomic mass is 79.9. The number of hydrogen-bond donors (Lipinski definition) is 1. The normalized spacial score (nSPS) is 12.4. The second kappa shape index (κ2) is 5.13. The maximum Gasteiger partial charge on any atom is 0.104 e. The van der Waals surface area contributed by atoms with Crippen LogP contribution < -0.4 is 0 Å².